The molecule has 1 unspecified atom stereocenters. The molecule has 8 heteroatoms. The Morgan fingerprint density at radius 3 is 2.80 bits per heavy atom. The van der Waals surface area contributed by atoms with Gasteiger partial charge in [-0.2, -0.15) is 9.37 Å². The molecule has 2 aliphatic heterocycles. The van der Waals surface area contributed by atoms with Gasteiger partial charge < -0.3 is 10.1 Å². The molecule has 0 aromatic heterocycles. The van der Waals surface area contributed by atoms with Crippen LogP contribution >= 0.6 is 0 Å². The second kappa shape index (κ2) is 7.90. The highest BCUT2D eigenvalue weighted by atomic mass is 19.1. The second-order valence-electron chi connectivity index (χ2n) is 6.90. The molecule has 1 atom stereocenters. The van der Waals surface area contributed by atoms with Crippen molar-refractivity contribution in [3.63, 3.8) is 0 Å². The van der Waals surface area contributed by atoms with Gasteiger partial charge in [0.2, 0.25) is 0 Å². The van der Waals surface area contributed by atoms with E-state index in [0.29, 0.717) is 22.6 Å². The molecule has 0 saturated carbocycles. The first-order valence-corrected chi connectivity index (χ1v) is 9.37. The Labute approximate surface area is 172 Å². The number of nitrogens with zero attached hydrogens (tertiary/aromatic N) is 2. The van der Waals surface area contributed by atoms with E-state index in [1.165, 1.54) is 22.8 Å². The minimum atomic E-state index is -1.05. The molecule has 2 aromatic carbocycles. The van der Waals surface area contributed by atoms with Gasteiger partial charge in [-0.05, 0) is 29.8 Å². The van der Waals surface area contributed by atoms with Crippen LogP contribution in [0, 0.1) is 5.82 Å². The molecular formula is C22H19FN3O4+. The number of para-hydroxylation sites is 1. The molecule has 1 N–H and O–H groups in total. The number of imide groups is 1. The molecular weight excluding hydrogens is 389 g/mol. The van der Waals surface area contributed by atoms with Crippen molar-refractivity contribution in [1.29, 1.82) is 0 Å². The summed E-state index contributed by atoms with van der Waals surface area (Å²) in [5.41, 5.74) is 1.56. The monoisotopic (exact) mass is 408 g/mol. The van der Waals surface area contributed by atoms with Gasteiger partial charge in [-0.25, -0.2) is 9.18 Å². The van der Waals surface area contributed by atoms with Gasteiger partial charge >= 0.3 is 11.9 Å². The summed E-state index contributed by atoms with van der Waals surface area (Å²) in [4.78, 5) is 39.3. The quantitative estimate of drug-likeness (QED) is 0.585. The molecule has 2 heterocycles. The van der Waals surface area contributed by atoms with Gasteiger partial charge in [0.1, 0.15) is 18.1 Å². The molecule has 0 radical (unpaired) electrons. The van der Waals surface area contributed by atoms with E-state index in [1.807, 2.05) is 0 Å². The van der Waals surface area contributed by atoms with Gasteiger partial charge in [0, 0.05) is 6.54 Å². The molecule has 30 heavy (non-hydrogen) atoms. The summed E-state index contributed by atoms with van der Waals surface area (Å²) in [5.74, 6) is -1.07. The van der Waals surface area contributed by atoms with Crippen LogP contribution in [0.25, 0.3) is 0 Å². The Bertz CT molecular complexity index is 1100. The number of urea groups is 1. The zero-order valence-corrected chi connectivity index (χ0v) is 16.0. The van der Waals surface area contributed by atoms with Gasteiger partial charge in [0.05, 0.1) is 5.56 Å². The third kappa shape index (κ3) is 3.47. The van der Waals surface area contributed by atoms with Crippen LogP contribution in [-0.2, 0) is 16.1 Å². The molecule has 0 saturated heterocycles. The first-order chi connectivity index (χ1) is 14.5. The topological polar surface area (TPSA) is 78.7 Å². The summed E-state index contributed by atoms with van der Waals surface area (Å²) >= 11 is 0. The fraction of sp³-hybridized carbons (Fsp3) is 0.182. The highest BCUT2D eigenvalue weighted by molar-refractivity contribution is 6.22. The molecule has 152 valence electrons. The highest BCUT2D eigenvalue weighted by Gasteiger charge is 2.54. The van der Waals surface area contributed by atoms with E-state index in [-0.39, 0.29) is 13.1 Å². The molecule has 4 amide bonds. The number of carbonyl (C=O) groups excluding carboxylic acids is 3. The normalized spacial score (nSPS) is 17.4. The largest absolute Gasteiger partial charge is 0.501 e. The lowest BCUT2D eigenvalue weighted by Crippen LogP contribution is -2.59. The van der Waals surface area contributed by atoms with Crippen molar-refractivity contribution < 1.29 is 28.1 Å². The van der Waals surface area contributed by atoms with E-state index in [2.05, 4.69) is 11.9 Å². The van der Waals surface area contributed by atoms with Crippen molar-refractivity contribution >= 4 is 23.6 Å². The summed E-state index contributed by atoms with van der Waals surface area (Å²) in [5, 5.41) is 2.55. The highest BCUT2D eigenvalue weighted by Crippen LogP contribution is 2.32. The third-order valence-electron chi connectivity index (χ3n) is 4.87. The smallest absolute Gasteiger partial charge is 0.469 e. The third-order valence-corrected chi connectivity index (χ3v) is 4.87. The van der Waals surface area contributed by atoms with Gasteiger partial charge in [-0.3, -0.25) is 4.79 Å². The van der Waals surface area contributed by atoms with E-state index in [0.717, 1.165) is 4.90 Å². The SMILES string of the molecule is C=CCNC(=O)CN1C(=O)C2Oc3ccccc3C2=[N+](Cc2cccc(F)c2)C1=O. The second-order valence-corrected chi connectivity index (χ2v) is 6.90. The molecule has 0 aliphatic carbocycles. The van der Waals surface area contributed by atoms with Crippen LogP contribution in [0.3, 0.4) is 0 Å². The van der Waals surface area contributed by atoms with Gasteiger partial charge in [0.25, 0.3) is 12.0 Å². The Balaban J connectivity index is 1.76. The zero-order valence-electron chi connectivity index (χ0n) is 16.0. The van der Waals surface area contributed by atoms with E-state index in [1.54, 1.807) is 36.4 Å². The van der Waals surface area contributed by atoms with E-state index in [9.17, 15) is 18.8 Å². The standard InChI is InChI=1S/C22H18FN3O4/c1-2-10-24-18(27)13-26-21(28)20-19(16-8-3-4-9-17(16)30-20)25(22(26)29)12-14-6-5-7-15(23)11-14/h2-9,11,20H,1,10,12-13H2/p+1. The number of halogens is 1. The number of fused-ring (bicyclic) bond motifs is 3. The van der Waals surface area contributed by atoms with Crippen molar-refractivity contribution in [2.24, 2.45) is 0 Å². The zero-order chi connectivity index (χ0) is 21.3. The Kier molecular flexibility index (Phi) is 5.14. The number of hydrogen-bond donors (Lipinski definition) is 1. The summed E-state index contributed by atoms with van der Waals surface area (Å²) in [6.45, 7) is 3.31. The predicted octanol–water partition coefficient (Wildman–Crippen LogP) is 1.85. The number of carbonyl (C=O) groups is 3. The van der Waals surface area contributed by atoms with Crippen LogP contribution in [0.2, 0.25) is 0 Å². The first kappa shape index (κ1) is 19.5. The summed E-state index contributed by atoms with van der Waals surface area (Å²) < 4.78 is 20.9. The van der Waals surface area contributed by atoms with Gasteiger partial charge in [-0.1, -0.05) is 30.3 Å². The first-order valence-electron chi connectivity index (χ1n) is 9.37. The van der Waals surface area contributed by atoms with Gasteiger partial charge in [0.15, 0.2) is 12.3 Å². The number of benzene rings is 2. The maximum atomic E-state index is 13.7. The van der Waals surface area contributed by atoms with Gasteiger partial charge in [-0.15, -0.1) is 11.5 Å². The van der Waals surface area contributed by atoms with Crippen LogP contribution in [0.4, 0.5) is 9.18 Å². The molecule has 2 aliphatic rings. The lowest BCUT2D eigenvalue weighted by atomic mass is 10.0. The summed E-state index contributed by atoms with van der Waals surface area (Å²) in [6.07, 6.45) is 0.442. The molecule has 0 spiro atoms. The van der Waals surface area contributed by atoms with E-state index >= 15 is 0 Å². The van der Waals surface area contributed by atoms with Crippen LogP contribution in [0.1, 0.15) is 11.1 Å². The summed E-state index contributed by atoms with van der Waals surface area (Å²) in [7, 11) is 0. The average molecular weight is 408 g/mol. The average Bonchev–Trinajstić information content (AvgIpc) is 3.12. The number of hydrogen-bond acceptors (Lipinski definition) is 4. The lowest BCUT2D eigenvalue weighted by molar-refractivity contribution is -0.456. The number of ether oxygens (including phenoxy) is 1. The van der Waals surface area contributed by atoms with E-state index < -0.39 is 36.3 Å². The Morgan fingerprint density at radius 1 is 1.23 bits per heavy atom. The molecule has 2 aromatic rings. The molecule has 4 rings (SSSR count). The van der Waals surface area contributed by atoms with Crippen LogP contribution in [0.15, 0.2) is 61.2 Å². The molecule has 0 bridgehead atoms. The lowest BCUT2D eigenvalue weighted by Gasteiger charge is -2.24. The van der Waals surface area contributed by atoms with Crippen LogP contribution < -0.4 is 10.1 Å². The summed E-state index contributed by atoms with van der Waals surface area (Å²) in [6, 6.07) is 12.2. The van der Waals surface area contributed by atoms with Crippen molar-refractivity contribution in [3.05, 3.63) is 78.1 Å². The minimum Gasteiger partial charge on any atom is -0.469 e. The fourth-order valence-electron chi connectivity index (χ4n) is 3.55. The maximum absolute atomic E-state index is 13.7. The Hall–Kier alpha value is -3.81. The van der Waals surface area contributed by atoms with Crippen molar-refractivity contribution in [1.82, 2.24) is 10.2 Å². The minimum absolute atomic E-state index is 0.0260. The van der Waals surface area contributed by atoms with Crippen molar-refractivity contribution in [2.45, 2.75) is 12.6 Å². The number of rotatable bonds is 6. The number of amides is 4. The van der Waals surface area contributed by atoms with E-state index in [4.69, 9.17) is 4.74 Å². The van der Waals surface area contributed by atoms with Crippen LogP contribution in [0.5, 0.6) is 5.75 Å². The molecule has 0 fully saturated rings. The Morgan fingerprint density at radius 2 is 2.03 bits per heavy atom. The molecule has 7 nitrogen and oxygen atoms in total. The van der Waals surface area contributed by atoms with Crippen LogP contribution in [-0.4, -0.2) is 52.2 Å². The van der Waals surface area contributed by atoms with Crippen molar-refractivity contribution in [2.75, 3.05) is 13.1 Å². The van der Waals surface area contributed by atoms with Crippen molar-refractivity contribution in [3.8, 4) is 5.75 Å². The maximum Gasteiger partial charge on any atom is 0.501 e. The number of nitrogens with one attached hydrogen (secondary N) is 1. The fourth-order valence-corrected chi connectivity index (χ4v) is 3.55. The predicted molar refractivity (Wildman–Crippen MR) is 106 cm³/mol.